The molecule has 0 aromatic carbocycles. The second-order valence-electron chi connectivity index (χ2n) is 9.01. The van der Waals surface area contributed by atoms with Gasteiger partial charge in [0.15, 0.2) is 0 Å². The first-order valence-electron chi connectivity index (χ1n) is 12.0. The number of aliphatic hydroxyl groups excluding tert-OH is 2. The number of ether oxygens (including phenoxy) is 1. The minimum absolute atomic E-state index is 0.0278. The van der Waals surface area contributed by atoms with Gasteiger partial charge in [-0.25, -0.2) is 0 Å². The maximum atomic E-state index is 11.5. The van der Waals surface area contributed by atoms with E-state index in [4.69, 9.17) is 4.74 Å². The number of hydrogen-bond acceptors (Lipinski definition) is 5. The number of esters is 1. The van der Waals surface area contributed by atoms with Crippen molar-refractivity contribution in [3.8, 4) is 0 Å². The molecule has 0 aliphatic heterocycles. The highest BCUT2D eigenvalue weighted by atomic mass is 16.5. The summed E-state index contributed by atoms with van der Waals surface area (Å²) in [5.41, 5.74) is 0. The third-order valence-corrected chi connectivity index (χ3v) is 6.28. The van der Waals surface area contributed by atoms with Gasteiger partial charge in [0.25, 0.3) is 0 Å². The highest BCUT2D eigenvalue weighted by molar-refractivity contribution is 5.75. The fourth-order valence-electron chi connectivity index (χ4n) is 4.60. The van der Waals surface area contributed by atoms with Crippen molar-refractivity contribution in [2.45, 2.75) is 123 Å². The average molecular weight is 425 g/mol. The predicted molar refractivity (Wildman–Crippen MR) is 120 cm³/mol. The van der Waals surface area contributed by atoms with E-state index in [1.54, 1.807) is 6.92 Å². The summed E-state index contributed by atoms with van der Waals surface area (Å²) in [6.45, 7) is 5.26. The van der Waals surface area contributed by atoms with Crippen molar-refractivity contribution >= 4 is 11.8 Å². The van der Waals surface area contributed by atoms with E-state index in [0.717, 1.165) is 51.4 Å². The van der Waals surface area contributed by atoms with Crippen LogP contribution in [0, 0.1) is 11.8 Å². The van der Waals surface area contributed by atoms with Gasteiger partial charge in [-0.3, -0.25) is 4.79 Å². The molecular formula is C25H44O5. The molecule has 0 bridgehead atoms. The van der Waals surface area contributed by atoms with E-state index in [0.29, 0.717) is 12.8 Å². The number of rotatable bonds is 16. The van der Waals surface area contributed by atoms with E-state index in [9.17, 15) is 19.8 Å². The highest BCUT2D eigenvalue weighted by Gasteiger charge is 2.40. The molecule has 0 spiro atoms. The third kappa shape index (κ3) is 11.3. The van der Waals surface area contributed by atoms with Crippen LogP contribution < -0.4 is 0 Å². The zero-order chi connectivity index (χ0) is 22.4. The van der Waals surface area contributed by atoms with Gasteiger partial charge in [-0.15, -0.1) is 0 Å². The molecule has 5 nitrogen and oxygen atoms in total. The van der Waals surface area contributed by atoms with Gasteiger partial charge in [0, 0.05) is 13.3 Å². The van der Waals surface area contributed by atoms with Gasteiger partial charge in [0.05, 0.1) is 12.2 Å². The number of unbranched alkanes of at least 4 members (excludes halogenated alkanes) is 5. The number of Topliss-reactive ketones (excluding diaryl/α,β-unsaturated/α-hetero) is 1. The summed E-state index contributed by atoms with van der Waals surface area (Å²) < 4.78 is 5.53. The van der Waals surface area contributed by atoms with Crippen molar-refractivity contribution in [1.82, 2.24) is 0 Å². The van der Waals surface area contributed by atoms with Crippen LogP contribution in [0.1, 0.15) is 104 Å². The Bertz CT molecular complexity index is 516. The van der Waals surface area contributed by atoms with Crippen molar-refractivity contribution in [3.05, 3.63) is 12.2 Å². The maximum absolute atomic E-state index is 11.5. The van der Waals surface area contributed by atoms with Gasteiger partial charge in [-0.1, -0.05) is 44.8 Å². The largest absolute Gasteiger partial charge is 0.463 e. The van der Waals surface area contributed by atoms with Gasteiger partial charge in [0.2, 0.25) is 0 Å². The van der Waals surface area contributed by atoms with Crippen LogP contribution in [0.3, 0.4) is 0 Å². The van der Waals surface area contributed by atoms with Gasteiger partial charge in [-0.05, 0) is 70.1 Å². The van der Waals surface area contributed by atoms with Gasteiger partial charge in [-0.2, -0.15) is 0 Å². The van der Waals surface area contributed by atoms with Crippen LogP contribution in [0.5, 0.6) is 0 Å². The van der Waals surface area contributed by atoms with Gasteiger partial charge in [0.1, 0.15) is 11.9 Å². The Morgan fingerprint density at radius 2 is 1.67 bits per heavy atom. The Morgan fingerprint density at radius 1 is 0.967 bits per heavy atom. The lowest BCUT2D eigenvalue weighted by molar-refractivity contribution is -0.147. The number of carbonyl (C=O) groups excluding carboxylic acids is 2. The van der Waals surface area contributed by atoms with E-state index < -0.39 is 12.2 Å². The Hall–Kier alpha value is -1.20. The molecule has 5 heteroatoms. The molecule has 0 aromatic rings. The first kappa shape index (κ1) is 26.8. The van der Waals surface area contributed by atoms with E-state index in [1.165, 1.54) is 26.2 Å². The first-order valence-corrected chi connectivity index (χ1v) is 12.0. The van der Waals surface area contributed by atoms with E-state index in [1.807, 2.05) is 0 Å². The van der Waals surface area contributed by atoms with Gasteiger partial charge < -0.3 is 19.7 Å². The van der Waals surface area contributed by atoms with Crippen LogP contribution in [-0.2, 0) is 14.3 Å². The van der Waals surface area contributed by atoms with E-state index in [2.05, 4.69) is 19.1 Å². The second-order valence-corrected chi connectivity index (χ2v) is 9.01. The second kappa shape index (κ2) is 15.6. The van der Waals surface area contributed by atoms with Crippen molar-refractivity contribution in [1.29, 1.82) is 0 Å². The quantitative estimate of drug-likeness (QED) is 0.204. The fraction of sp³-hybridized carbons (Fsp3) is 0.840. The number of aliphatic hydroxyl groups is 2. The SMILES string of the molecule is CCCCCCC[C@@H](CC[C@@H]1[C@@H](C/C=C\CCCC(C)=O)[C@@H](O)C[C@H]1O)OC(C)=O. The molecule has 5 atom stereocenters. The lowest BCUT2D eigenvalue weighted by atomic mass is 9.85. The number of carbonyl (C=O) groups is 2. The molecule has 0 radical (unpaired) electrons. The van der Waals surface area contributed by atoms with Crippen LogP contribution in [0.25, 0.3) is 0 Å². The van der Waals surface area contributed by atoms with E-state index >= 15 is 0 Å². The van der Waals surface area contributed by atoms with Crippen LogP contribution >= 0.6 is 0 Å². The van der Waals surface area contributed by atoms with Crippen molar-refractivity contribution in [3.63, 3.8) is 0 Å². The third-order valence-electron chi connectivity index (χ3n) is 6.28. The molecule has 1 rings (SSSR count). The summed E-state index contributed by atoms with van der Waals surface area (Å²) in [6.07, 6.45) is 14.8. The predicted octanol–water partition coefficient (Wildman–Crippen LogP) is 5.12. The summed E-state index contributed by atoms with van der Waals surface area (Å²) in [6, 6.07) is 0. The van der Waals surface area contributed by atoms with Gasteiger partial charge >= 0.3 is 5.97 Å². The summed E-state index contributed by atoms with van der Waals surface area (Å²) in [4.78, 5) is 22.5. The summed E-state index contributed by atoms with van der Waals surface area (Å²) in [7, 11) is 0. The Labute approximate surface area is 183 Å². The molecular weight excluding hydrogens is 380 g/mol. The average Bonchev–Trinajstić information content (AvgIpc) is 2.94. The molecule has 0 aromatic heterocycles. The molecule has 1 aliphatic rings. The molecule has 1 fully saturated rings. The Balaban J connectivity index is 2.50. The van der Waals surface area contributed by atoms with Crippen LogP contribution in [0.2, 0.25) is 0 Å². The monoisotopic (exact) mass is 424 g/mol. The smallest absolute Gasteiger partial charge is 0.302 e. The molecule has 0 unspecified atom stereocenters. The maximum Gasteiger partial charge on any atom is 0.302 e. The summed E-state index contributed by atoms with van der Waals surface area (Å²) in [5, 5.41) is 20.9. The van der Waals surface area contributed by atoms with Crippen LogP contribution in [0.15, 0.2) is 12.2 Å². The summed E-state index contributed by atoms with van der Waals surface area (Å²) >= 11 is 0. The van der Waals surface area contributed by atoms with Crippen molar-refractivity contribution < 1.29 is 24.5 Å². The lowest BCUT2D eigenvalue weighted by Gasteiger charge is -2.25. The standard InChI is InChI=1S/C25H44O5/c1-4-5-6-7-11-14-21(30-20(3)27)16-17-23-22(24(28)18-25(23)29)15-12-9-8-10-13-19(2)26/h9,12,21-25,28-29H,4-8,10-11,13-18H2,1-3H3/b12-9-/t21-,22+,23+,24-,25+/m0/s1. The Kier molecular flexibility index (Phi) is 13.9. The first-order chi connectivity index (χ1) is 14.3. The van der Waals surface area contributed by atoms with Crippen LogP contribution in [0.4, 0.5) is 0 Å². The van der Waals surface area contributed by atoms with Crippen molar-refractivity contribution in [2.75, 3.05) is 0 Å². The molecule has 0 heterocycles. The Morgan fingerprint density at radius 3 is 2.33 bits per heavy atom. The summed E-state index contributed by atoms with van der Waals surface area (Å²) in [5.74, 6) is 0.0303. The molecule has 1 saturated carbocycles. The zero-order valence-corrected chi connectivity index (χ0v) is 19.4. The van der Waals surface area contributed by atoms with E-state index in [-0.39, 0.29) is 29.7 Å². The zero-order valence-electron chi connectivity index (χ0n) is 19.4. The molecule has 174 valence electrons. The number of allylic oxidation sites excluding steroid dienone is 2. The topological polar surface area (TPSA) is 83.8 Å². The molecule has 0 saturated heterocycles. The fourth-order valence-corrected chi connectivity index (χ4v) is 4.60. The van der Waals surface area contributed by atoms with Crippen molar-refractivity contribution in [2.24, 2.45) is 11.8 Å². The number of ketones is 1. The molecule has 1 aliphatic carbocycles. The minimum atomic E-state index is -0.501. The number of hydrogen-bond donors (Lipinski definition) is 2. The molecule has 30 heavy (non-hydrogen) atoms. The lowest BCUT2D eigenvalue weighted by Crippen LogP contribution is -2.25. The molecule has 0 amide bonds. The molecule has 2 N–H and O–H groups in total. The van der Waals surface area contributed by atoms with Crippen LogP contribution in [-0.4, -0.2) is 40.3 Å². The highest BCUT2D eigenvalue weighted by Crippen LogP contribution is 2.38. The normalized spacial score (nSPS) is 25.0. The minimum Gasteiger partial charge on any atom is -0.463 e.